The van der Waals surface area contributed by atoms with E-state index in [0.717, 1.165) is 17.6 Å². The van der Waals surface area contributed by atoms with Gasteiger partial charge in [0.1, 0.15) is 5.69 Å². The van der Waals surface area contributed by atoms with Crippen molar-refractivity contribution in [1.82, 2.24) is 25.5 Å². The van der Waals surface area contributed by atoms with Crippen LogP contribution in [0.15, 0.2) is 18.2 Å². The molecule has 19 heavy (non-hydrogen) atoms. The molecule has 102 valence electrons. The highest BCUT2D eigenvalue weighted by Crippen LogP contribution is 2.19. The van der Waals surface area contributed by atoms with Crippen molar-refractivity contribution in [2.24, 2.45) is 0 Å². The molecule has 0 bridgehead atoms. The molecule has 1 unspecified atom stereocenters. The van der Waals surface area contributed by atoms with Crippen LogP contribution in [0, 0.1) is 11.6 Å². The van der Waals surface area contributed by atoms with Gasteiger partial charge < -0.3 is 5.32 Å². The molecule has 2 rings (SSSR count). The van der Waals surface area contributed by atoms with E-state index in [1.165, 1.54) is 18.2 Å². The molecule has 1 atom stereocenters. The molecule has 1 N–H and O–H groups in total. The third-order valence-electron chi connectivity index (χ3n) is 2.73. The zero-order valence-corrected chi connectivity index (χ0v) is 10.8. The standard InChI is InChI=1S/C12H15F2N5/c1-3-7-15-8(2)12-16-17-18-19(12)11-9(13)5-4-6-10(11)14/h4-6,8,15H,3,7H2,1-2H3. The van der Waals surface area contributed by atoms with E-state index >= 15 is 0 Å². The van der Waals surface area contributed by atoms with Crippen LogP contribution in [0.25, 0.3) is 5.69 Å². The summed E-state index contributed by atoms with van der Waals surface area (Å²) in [4.78, 5) is 0. The summed E-state index contributed by atoms with van der Waals surface area (Å²) in [5, 5.41) is 14.2. The zero-order valence-electron chi connectivity index (χ0n) is 10.8. The number of para-hydroxylation sites is 1. The van der Waals surface area contributed by atoms with Crippen molar-refractivity contribution in [2.75, 3.05) is 6.54 Å². The van der Waals surface area contributed by atoms with Gasteiger partial charge >= 0.3 is 0 Å². The lowest BCUT2D eigenvalue weighted by Gasteiger charge is -2.13. The number of hydrogen-bond donors (Lipinski definition) is 1. The fraction of sp³-hybridized carbons (Fsp3) is 0.417. The molecule has 0 spiro atoms. The quantitative estimate of drug-likeness (QED) is 0.900. The molecule has 1 heterocycles. The Bertz CT molecular complexity index is 535. The van der Waals surface area contributed by atoms with E-state index in [-0.39, 0.29) is 11.7 Å². The summed E-state index contributed by atoms with van der Waals surface area (Å²) < 4.78 is 28.6. The van der Waals surface area contributed by atoms with Gasteiger partial charge in [-0.25, -0.2) is 8.78 Å². The molecule has 0 fully saturated rings. The van der Waals surface area contributed by atoms with E-state index in [0.29, 0.717) is 5.82 Å². The summed E-state index contributed by atoms with van der Waals surface area (Å²) in [6.45, 7) is 4.64. The van der Waals surface area contributed by atoms with Crippen LogP contribution in [-0.2, 0) is 0 Å². The lowest BCUT2D eigenvalue weighted by atomic mass is 10.2. The predicted octanol–water partition coefficient (Wildman–Crippen LogP) is 2.00. The molecular formula is C12H15F2N5. The van der Waals surface area contributed by atoms with Crippen molar-refractivity contribution in [3.05, 3.63) is 35.7 Å². The fourth-order valence-corrected chi connectivity index (χ4v) is 1.77. The van der Waals surface area contributed by atoms with Crippen LogP contribution in [0.2, 0.25) is 0 Å². The predicted molar refractivity (Wildman–Crippen MR) is 65.8 cm³/mol. The van der Waals surface area contributed by atoms with Gasteiger partial charge in [0.2, 0.25) is 0 Å². The summed E-state index contributed by atoms with van der Waals surface area (Å²) >= 11 is 0. The molecule has 0 aliphatic heterocycles. The SMILES string of the molecule is CCCNC(C)c1nnnn1-c1c(F)cccc1F. The van der Waals surface area contributed by atoms with E-state index in [9.17, 15) is 8.78 Å². The molecule has 2 aromatic rings. The second-order valence-electron chi connectivity index (χ2n) is 4.19. The Balaban J connectivity index is 2.39. The highest BCUT2D eigenvalue weighted by molar-refractivity contribution is 5.34. The molecule has 1 aromatic carbocycles. The third kappa shape index (κ3) is 2.76. The number of nitrogens with one attached hydrogen (secondary N) is 1. The Labute approximate surface area is 109 Å². The first-order valence-corrected chi connectivity index (χ1v) is 6.11. The van der Waals surface area contributed by atoms with Crippen LogP contribution >= 0.6 is 0 Å². The summed E-state index contributed by atoms with van der Waals surface area (Å²) in [5.41, 5.74) is -0.257. The summed E-state index contributed by atoms with van der Waals surface area (Å²) in [6, 6.07) is 3.45. The first-order chi connectivity index (χ1) is 9.15. The van der Waals surface area contributed by atoms with Gasteiger partial charge in [-0.1, -0.05) is 13.0 Å². The van der Waals surface area contributed by atoms with Crippen molar-refractivity contribution in [3.63, 3.8) is 0 Å². The molecular weight excluding hydrogens is 252 g/mol. The molecule has 0 saturated carbocycles. The van der Waals surface area contributed by atoms with Crippen molar-refractivity contribution in [1.29, 1.82) is 0 Å². The van der Waals surface area contributed by atoms with Crippen LogP contribution in [0.3, 0.4) is 0 Å². The van der Waals surface area contributed by atoms with E-state index in [1.807, 2.05) is 13.8 Å². The van der Waals surface area contributed by atoms with Gasteiger partial charge in [-0.2, -0.15) is 4.68 Å². The van der Waals surface area contributed by atoms with Gasteiger partial charge in [0, 0.05) is 0 Å². The number of halogens is 2. The summed E-state index contributed by atoms with van der Waals surface area (Å²) in [5.74, 6) is -1.02. The molecule has 0 amide bonds. The van der Waals surface area contributed by atoms with Gasteiger partial charge in [-0.3, -0.25) is 0 Å². The molecule has 5 nitrogen and oxygen atoms in total. The van der Waals surface area contributed by atoms with Gasteiger partial charge in [0.05, 0.1) is 6.04 Å². The van der Waals surface area contributed by atoms with Gasteiger partial charge in [0.15, 0.2) is 17.5 Å². The molecule has 0 aliphatic carbocycles. The van der Waals surface area contributed by atoms with Crippen molar-refractivity contribution < 1.29 is 8.78 Å². The third-order valence-corrected chi connectivity index (χ3v) is 2.73. The highest BCUT2D eigenvalue weighted by Gasteiger charge is 2.20. The Morgan fingerprint density at radius 3 is 2.63 bits per heavy atom. The second kappa shape index (κ2) is 5.83. The van der Waals surface area contributed by atoms with Crippen molar-refractivity contribution >= 4 is 0 Å². The average molecular weight is 267 g/mol. The van der Waals surface area contributed by atoms with Gasteiger partial charge in [-0.05, 0) is 42.4 Å². The number of nitrogens with zero attached hydrogens (tertiary/aromatic N) is 4. The van der Waals surface area contributed by atoms with Gasteiger partial charge in [-0.15, -0.1) is 5.10 Å². The Hall–Kier alpha value is -1.89. The van der Waals surface area contributed by atoms with Crippen LogP contribution < -0.4 is 5.32 Å². The number of aromatic nitrogens is 4. The minimum absolute atomic E-state index is 0.200. The maximum Gasteiger partial charge on any atom is 0.173 e. The minimum atomic E-state index is -0.698. The van der Waals surface area contributed by atoms with Crippen LogP contribution in [0.5, 0.6) is 0 Å². The Morgan fingerprint density at radius 2 is 2.00 bits per heavy atom. The van der Waals surface area contributed by atoms with Crippen molar-refractivity contribution in [3.8, 4) is 5.69 Å². The zero-order chi connectivity index (χ0) is 13.8. The van der Waals surface area contributed by atoms with Crippen LogP contribution in [0.4, 0.5) is 8.78 Å². The molecule has 1 aromatic heterocycles. The average Bonchev–Trinajstić information content (AvgIpc) is 2.85. The van der Waals surface area contributed by atoms with E-state index in [4.69, 9.17) is 0 Å². The topological polar surface area (TPSA) is 55.6 Å². The van der Waals surface area contributed by atoms with E-state index in [2.05, 4.69) is 20.8 Å². The number of hydrogen-bond acceptors (Lipinski definition) is 4. The first-order valence-electron chi connectivity index (χ1n) is 6.11. The van der Waals surface area contributed by atoms with Crippen LogP contribution in [-0.4, -0.2) is 26.8 Å². The Morgan fingerprint density at radius 1 is 1.32 bits per heavy atom. The second-order valence-corrected chi connectivity index (χ2v) is 4.19. The largest absolute Gasteiger partial charge is 0.307 e. The monoisotopic (exact) mass is 267 g/mol. The summed E-state index contributed by atoms with van der Waals surface area (Å²) in [6.07, 6.45) is 0.944. The first kappa shape index (κ1) is 13.5. The fourth-order valence-electron chi connectivity index (χ4n) is 1.77. The molecule has 0 aliphatic rings. The van der Waals surface area contributed by atoms with Gasteiger partial charge in [0.25, 0.3) is 0 Å². The molecule has 0 saturated heterocycles. The maximum atomic E-state index is 13.7. The van der Waals surface area contributed by atoms with E-state index < -0.39 is 11.6 Å². The Kier molecular flexibility index (Phi) is 4.16. The highest BCUT2D eigenvalue weighted by atomic mass is 19.1. The lowest BCUT2D eigenvalue weighted by molar-refractivity contribution is 0.511. The molecule has 0 radical (unpaired) electrons. The maximum absolute atomic E-state index is 13.7. The smallest absolute Gasteiger partial charge is 0.173 e. The summed E-state index contributed by atoms with van der Waals surface area (Å²) in [7, 11) is 0. The number of rotatable bonds is 5. The minimum Gasteiger partial charge on any atom is -0.307 e. The molecule has 7 heteroatoms. The normalized spacial score (nSPS) is 12.6. The number of benzene rings is 1. The van der Waals surface area contributed by atoms with Crippen LogP contribution in [0.1, 0.15) is 32.1 Å². The van der Waals surface area contributed by atoms with Crippen molar-refractivity contribution in [2.45, 2.75) is 26.3 Å². The number of tetrazole rings is 1. The van der Waals surface area contributed by atoms with E-state index in [1.54, 1.807) is 0 Å². The lowest BCUT2D eigenvalue weighted by Crippen LogP contribution is -2.23.